The van der Waals surface area contributed by atoms with Gasteiger partial charge in [0.05, 0.1) is 17.7 Å². The quantitative estimate of drug-likeness (QED) is 0.521. The highest BCUT2D eigenvalue weighted by molar-refractivity contribution is 6.31. The molecule has 0 atom stereocenters. The predicted molar refractivity (Wildman–Crippen MR) is 142 cm³/mol. The molecule has 0 amide bonds. The molecule has 1 N–H and O–H groups in total. The van der Waals surface area contributed by atoms with Gasteiger partial charge in [-0.2, -0.15) is 5.10 Å². The van der Waals surface area contributed by atoms with E-state index in [0.29, 0.717) is 0 Å². The molecule has 0 aliphatic carbocycles. The third-order valence-electron chi connectivity index (χ3n) is 7.59. The van der Waals surface area contributed by atoms with Gasteiger partial charge in [-0.3, -0.25) is 5.10 Å². The topological polar surface area (TPSA) is 73.4 Å². The molecule has 4 heterocycles. The van der Waals surface area contributed by atoms with Crippen molar-refractivity contribution >= 4 is 34.1 Å². The van der Waals surface area contributed by atoms with Gasteiger partial charge < -0.3 is 19.4 Å². The number of nitrogens with zero attached hydrogens (tertiary/aromatic N) is 6. The van der Waals surface area contributed by atoms with Crippen molar-refractivity contribution in [2.24, 2.45) is 5.92 Å². The SMILES string of the molecule is CCc1n[nH]c2ncnc(N3CCN(c4cc(Cl)cc(OCCC5CCN(C)CC5)c4C)CC3)c12. The first kappa shape index (κ1) is 24.1. The molecule has 0 bridgehead atoms. The maximum atomic E-state index is 6.55. The number of hydrogen-bond acceptors (Lipinski definition) is 7. The predicted octanol–water partition coefficient (Wildman–Crippen LogP) is 4.31. The molecule has 2 fully saturated rings. The molecule has 0 saturated carbocycles. The largest absolute Gasteiger partial charge is 0.493 e. The van der Waals surface area contributed by atoms with E-state index in [1.165, 1.54) is 31.5 Å². The number of aryl methyl sites for hydroxylation is 1. The van der Waals surface area contributed by atoms with Gasteiger partial charge in [-0.05, 0) is 70.8 Å². The molecule has 0 unspecified atom stereocenters. The lowest BCUT2D eigenvalue weighted by atomic mass is 9.94. The van der Waals surface area contributed by atoms with E-state index >= 15 is 0 Å². The summed E-state index contributed by atoms with van der Waals surface area (Å²) in [5.74, 6) is 2.64. The summed E-state index contributed by atoms with van der Waals surface area (Å²) in [7, 11) is 2.21. The number of rotatable bonds is 7. The van der Waals surface area contributed by atoms with Gasteiger partial charge in [-0.15, -0.1) is 0 Å². The maximum absolute atomic E-state index is 6.55. The summed E-state index contributed by atoms with van der Waals surface area (Å²) < 4.78 is 6.27. The summed E-state index contributed by atoms with van der Waals surface area (Å²) in [5, 5.41) is 9.24. The number of likely N-dealkylation sites (tertiary alicyclic amines) is 1. The highest BCUT2D eigenvalue weighted by atomic mass is 35.5. The van der Waals surface area contributed by atoms with Gasteiger partial charge in [0.1, 0.15) is 17.9 Å². The van der Waals surface area contributed by atoms with E-state index in [2.05, 4.69) is 61.8 Å². The molecule has 2 aliphatic rings. The van der Waals surface area contributed by atoms with Crippen molar-refractivity contribution in [2.45, 2.75) is 39.5 Å². The van der Waals surface area contributed by atoms with Crippen molar-refractivity contribution in [2.75, 3.05) is 62.7 Å². The summed E-state index contributed by atoms with van der Waals surface area (Å²) >= 11 is 6.55. The molecule has 0 spiro atoms. The second kappa shape index (κ2) is 10.6. The molecular formula is C26H36ClN7O. The number of piperidine rings is 1. The zero-order valence-electron chi connectivity index (χ0n) is 21.1. The molecule has 0 radical (unpaired) electrons. The number of aromatic nitrogens is 4. The van der Waals surface area contributed by atoms with Crippen molar-refractivity contribution in [3.05, 3.63) is 34.7 Å². The Balaban J connectivity index is 1.24. The van der Waals surface area contributed by atoms with Crippen LogP contribution in [-0.4, -0.2) is 78.0 Å². The van der Waals surface area contributed by atoms with Crippen LogP contribution in [0.5, 0.6) is 5.75 Å². The Hall–Kier alpha value is -2.58. The Morgan fingerprint density at radius 2 is 1.80 bits per heavy atom. The molecule has 2 aliphatic heterocycles. The first-order valence-electron chi connectivity index (χ1n) is 12.8. The monoisotopic (exact) mass is 497 g/mol. The van der Waals surface area contributed by atoms with E-state index < -0.39 is 0 Å². The number of aromatic amines is 1. The fourth-order valence-electron chi connectivity index (χ4n) is 5.36. The van der Waals surface area contributed by atoms with Crippen LogP contribution in [0.25, 0.3) is 11.0 Å². The number of piperazine rings is 1. The summed E-state index contributed by atoms with van der Waals surface area (Å²) in [6.45, 7) is 10.9. The summed E-state index contributed by atoms with van der Waals surface area (Å²) in [6, 6.07) is 4.04. The van der Waals surface area contributed by atoms with Crippen molar-refractivity contribution in [1.82, 2.24) is 25.1 Å². The molecule has 5 rings (SSSR count). The highest BCUT2D eigenvalue weighted by Gasteiger charge is 2.24. The fraction of sp³-hybridized carbons (Fsp3) is 0.577. The van der Waals surface area contributed by atoms with Gasteiger partial charge in [0.25, 0.3) is 0 Å². The Bertz CT molecular complexity index is 1150. The number of H-pyrrole nitrogens is 1. The standard InChI is InChI=1S/C26H36ClN7O/c1-4-21-24-25(31-30-21)28-17-29-26(24)34-12-10-33(11-13-34)22-15-20(27)16-23(18(22)2)35-14-7-19-5-8-32(3)9-6-19/h15-17,19H,4-14H2,1-3H3,(H,28,29,30,31). The van der Waals surface area contributed by atoms with Crippen LogP contribution in [0, 0.1) is 12.8 Å². The number of ether oxygens (including phenoxy) is 1. The van der Waals surface area contributed by atoms with E-state index in [1.54, 1.807) is 6.33 Å². The van der Waals surface area contributed by atoms with Gasteiger partial charge in [0.2, 0.25) is 0 Å². The molecule has 8 nitrogen and oxygen atoms in total. The lowest BCUT2D eigenvalue weighted by molar-refractivity contribution is 0.187. The third kappa shape index (κ3) is 5.19. The van der Waals surface area contributed by atoms with E-state index in [-0.39, 0.29) is 0 Å². The molecule has 9 heteroatoms. The van der Waals surface area contributed by atoms with Crippen LogP contribution in [0.3, 0.4) is 0 Å². The van der Waals surface area contributed by atoms with Gasteiger partial charge in [-0.1, -0.05) is 18.5 Å². The van der Waals surface area contributed by atoms with Crippen molar-refractivity contribution in [1.29, 1.82) is 0 Å². The second-order valence-electron chi connectivity index (χ2n) is 9.85. The van der Waals surface area contributed by atoms with E-state index in [0.717, 1.165) is 90.6 Å². The lowest BCUT2D eigenvalue weighted by Gasteiger charge is -2.37. The van der Waals surface area contributed by atoms with Crippen LogP contribution in [0.2, 0.25) is 5.02 Å². The molecule has 35 heavy (non-hydrogen) atoms. The normalized spacial score (nSPS) is 17.9. The van der Waals surface area contributed by atoms with Crippen LogP contribution in [0.4, 0.5) is 11.5 Å². The number of hydrogen-bond donors (Lipinski definition) is 1. The lowest BCUT2D eigenvalue weighted by Crippen LogP contribution is -2.47. The van der Waals surface area contributed by atoms with E-state index in [9.17, 15) is 0 Å². The van der Waals surface area contributed by atoms with E-state index in [1.807, 2.05) is 6.07 Å². The maximum Gasteiger partial charge on any atom is 0.160 e. The number of nitrogens with one attached hydrogen (secondary N) is 1. The summed E-state index contributed by atoms with van der Waals surface area (Å²) in [4.78, 5) is 16.1. The van der Waals surface area contributed by atoms with Gasteiger partial charge in [-0.25, -0.2) is 9.97 Å². The highest BCUT2D eigenvalue weighted by Crippen LogP contribution is 2.35. The van der Waals surface area contributed by atoms with Gasteiger partial charge >= 0.3 is 0 Å². The average Bonchev–Trinajstić information content (AvgIpc) is 3.31. The van der Waals surface area contributed by atoms with Crippen molar-refractivity contribution in [3.63, 3.8) is 0 Å². The molecular weight excluding hydrogens is 462 g/mol. The Morgan fingerprint density at radius 1 is 1.06 bits per heavy atom. The van der Waals surface area contributed by atoms with Crippen LogP contribution in [0.15, 0.2) is 18.5 Å². The van der Waals surface area contributed by atoms with Crippen LogP contribution < -0.4 is 14.5 Å². The number of anilines is 2. The van der Waals surface area contributed by atoms with Crippen LogP contribution in [-0.2, 0) is 6.42 Å². The second-order valence-corrected chi connectivity index (χ2v) is 10.3. The van der Waals surface area contributed by atoms with Gasteiger partial charge in [0.15, 0.2) is 5.65 Å². The van der Waals surface area contributed by atoms with E-state index in [4.69, 9.17) is 16.3 Å². The summed E-state index contributed by atoms with van der Waals surface area (Å²) in [6.07, 6.45) is 6.11. The molecule has 188 valence electrons. The first-order valence-corrected chi connectivity index (χ1v) is 13.2. The van der Waals surface area contributed by atoms with Gasteiger partial charge in [0, 0.05) is 42.5 Å². The zero-order valence-corrected chi connectivity index (χ0v) is 21.8. The fourth-order valence-corrected chi connectivity index (χ4v) is 5.57. The van der Waals surface area contributed by atoms with Crippen LogP contribution in [0.1, 0.15) is 37.4 Å². The minimum Gasteiger partial charge on any atom is -0.493 e. The smallest absolute Gasteiger partial charge is 0.160 e. The van der Waals surface area contributed by atoms with Crippen LogP contribution >= 0.6 is 11.6 Å². The molecule has 2 saturated heterocycles. The van der Waals surface area contributed by atoms with Crippen molar-refractivity contribution in [3.8, 4) is 5.75 Å². The molecule has 1 aromatic carbocycles. The Kier molecular flexibility index (Phi) is 7.29. The minimum absolute atomic E-state index is 0.728. The Morgan fingerprint density at radius 3 is 2.54 bits per heavy atom. The molecule has 3 aromatic rings. The first-order chi connectivity index (χ1) is 17.0. The number of fused-ring (bicyclic) bond motifs is 1. The Labute approximate surface area is 212 Å². The number of halogens is 1. The van der Waals surface area contributed by atoms with Crippen molar-refractivity contribution < 1.29 is 4.74 Å². The zero-order chi connectivity index (χ0) is 24.4. The summed E-state index contributed by atoms with van der Waals surface area (Å²) in [5.41, 5.74) is 4.16. The average molecular weight is 498 g/mol. The number of benzene rings is 1. The minimum atomic E-state index is 0.728. The third-order valence-corrected chi connectivity index (χ3v) is 7.80. The molecule has 2 aromatic heterocycles.